The maximum Gasteiger partial charge on any atom is 0.290 e. The first-order valence-electron chi connectivity index (χ1n) is 8.27. The Hall–Kier alpha value is -1.59. The van der Waals surface area contributed by atoms with Gasteiger partial charge in [0.15, 0.2) is 5.76 Å². The van der Waals surface area contributed by atoms with Gasteiger partial charge in [-0.15, -0.1) is 0 Å². The molecule has 1 saturated carbocycles. The molecule has 1 amide bonds. The third kappa shape index (κ3) is 2.83. The van der Waals surface area contributed by atoms with Crippen molar-refractivity contribution in [2.45, 2.75) is 38.8 Å². The van der Waals surface area contributed by atoms with Crippen LogP contribution >= 0.6 is 11.3 Å². The quantitative estimate of drug-likeness (QED) is 0.934. The lowest BCUT2D eigenvalue weighted by molar-refractivity contribution is 0.0658. The molecule has 2 aromatic rings. The van der Waals surface area contributed by atoms with Gasteiger partial charge in [-0.25, -0.2) is 0 Å². The Kier molecular flexibility index (Phi) is 3.77. The molecule has 2 fully saturated rings. The fourth-order valence-corrected chi connectivity index (χ4v) is 4.48. The van der Waals surface area contributed by atoms with Gasteiger partial charge in [0.05, 0.1) is 0 Å². The minimum Gasteiger partial charge on any atom is -0.456 e. The predicted molar refractivity (Wildman–Crippen MR) is 90.6 cm³/mol. The fraction of sp³-hybridized carbons (Fsp3) is 0.500. The van der Waals surface area contributed by atoms with Crippen molar-refractivity contribution in [2.24, 2.45) is 5.41 Å². The van der Waals surface area contributed by atoms with Gasteiger partial charge in [-0.3, -0.25) is 4.79 Å². The summed E-state index contributed by atoms with van der Waals surface area (Å²) in [5.41, 5.74) is 1.54. The molecule has 0 aromatic carbocycles. The molecule has 0 bridgehead atoms. The van der Waals surface area contributed by atoms with Gasteiger partial charge >= 0.3 is 0 Å². The normalized spacial score (nSPS) is 22.2. The number of thiophene rings is 1. The summed E-state index contributed by atoms with van der Waals surface area (Å²) in [6, 6.07) is 6.12. The Bertz CT molecular complexity index is 686. The van der Waals surface area contributed by atoms with E-state index in [9.17, 15) is 4.79 Å². The molecule has 4 rings (SSSR count). The number of aryl methyl sites for hydroxylation is 1. The van der Waals surface area contributed by atoms with Gasteiger partial charge in [-0.2, -0.15) is 11.3 Å². The van der Waals surface area contributed by atoms with Crippen molar-refractivity contribution in [3.8, 4) is 0 Å². The van der Waals surface area contributed by atoms with Crippen molar-refractivity contribution in [3.05, 3.63) is 46.0 Å². The molecule has 1 spiro atoms. The number of rotatable bonds is 4. The molecule has 1 aliphatic carbocycles. The number of nitrogens with zero attached hydrogens (tertiary/aromatic N) is 1. The highest BCUT2D eigenvalue weighted by Crippen LogP contribution is 2.56. The Morgan fingerprint density at radius 2 is 2.22 bits per heavy atom. The average Bonchev–Trinajstić information content (AvgIpc) is 2.97. The Morgan fingerprint density at radius 3 is 2.87 bits per heavy atom. The molecule has 122 valence electrons. The lowest BCUT2D eigenvalue weighted by Crippen LogP contribution is -2.39. The molecule has 5 heteroatoms. The van der Waals surface area contributed by atoms with Crippen LogP contribution in [-0.2, 0) is 6.54 Å². The largest absolute Gasteiger partial charge is 0.456 e. The van der Waals surface area contributed by atoms with E-state index in [1.807, 2.05) is 17.9 Å². The zero-order valence-electron chi connectivity index (χ0n) is 13.4. The van der Waals surface area contributed by atoms with Gasteiger partial charge in [0.2, 0.25) is 0 Å². The second-order valence-corrected chi connectivity index (χ2v) is 7.59. The summed E-state index contributed by atoms with van der Waals surface area (Å²) >= 11 is 1.68. The lowest BCUT2D eigenvalue weighted by atomic mass is 9.93. The van der Waals surface area contributed by atoms with E-state index in [2.05, 4.69) is 22.1 Å². The first-order chi connectivity index (χ1) is 11.2. The maximum atomic E-state index is 13.0. The van der Waals surface area contributed by atoms with Crippen LogP contribution in [0.4, 0.5) is 0 Å². The van der Waals surface area contributed by atoms with Crippen LogP contribution in [-0.4, -0.2) is 29.9 Å². The number of nitrogens with one attached hydrogen (secondary N) is 1. The highest BCUT2D eigenvalue weighted by molar-refractivity contribution is 7.07. The average molecular weight is 330 g/mol. The van der Waals surface area contributed by atoms with Crippen LogP contribution < -0.4 is 5.32 Å². The number of piperidine rings is 1. The van der Waals surface area contributed by atoms with E-state index in [0.717, 1.165) is 25.3 Å². The Balaban J connectivity index is 1.58. The summed E-state index contributed by atoms with van der Waals surface area (Å²) in [5, 5.41) is 7.63. The van der Waals surface area contributed by atoms with E-state index in [1.54, 1.807) is 17.4 Å². The summed E-state index contributed by atoms with van der Waals surface area (Å²) in [4.78, 5) is 15.1. The van der Waals surface area contributed by atoms with Crippen LogP contribution in [0.1, 0.15) is 41.1 Å². The van der Waals surface area contributed by atoms with Crippen molar-refractivity contribution in [2.75, 3.05) is 13.1 Å². The molecule has 2 aliphatic rings. The second-order valence-electron chi connectivity index (χ2n) is 6.81. The molecule has 1 N–H and O–H groups in total. The smallest absolute Gasteiger partial charge is 0.290 e. The number of carbonyl (C=O) groups is 1. The standard InChI is InChI=1S/C18H22N2O2S/c1-13-2-3-15(22-13)17(21)20(11-14-4-9-23-12-14)16-10-18(16)5-7-19-8-6-18/h2-4,9,12,16,19H,5-8,10-11H2,1H3. The summed E-state index contributed by atoms with van der Waals surface area (Å²) < 4.78 is 5.60. The Morgan fingerprint density at radius 1 is 1.39 bits per heavy atom. The monoisotopic (exact) mass is 330 g/mol. The van der Waals surface area contributed by atoms with Crippen LogP contribution in [0, 0.1) is 12.3 Å². The van der Waals surface area contributed by atoms with Crippen molar-refractivity contribution in [1.29, 1.82) is 0 Å². The minimum atomic E-state index is 0.0321. The third-order valence-electron chi connectivity index (χ3n) is 5.27. The molecular formula is C18H22N2O2S. The fourth-order valence-electron chi connectivity index (χ4n) is 3.82. The molecule has 1 atom stereocenters. The van der Waals surface area contributed by atoms with Crippen LogP contribution in [0.3, 0.4) is 0 Å². The summed E-state index contributed by atoms with van der Waals surface area (Å²) in [5.74, 6) is 1.29. The zero-order chi connectivity index (χ0) is 15.9. The van der Waals surface area contributed by atoms with E-state index in [1.165, 1.54) is 18.4 Å². The van der Waals surface area contributed by atoms with E-state index in [0.29, 0.717) is 23.8 Å². The highest BCUT2D eigenvalue weighted by atomic mass is 32.1. The van der Waals surface area contributed by atoms with Gasteiger partial charge in [0, 0.05) is 12.6 Å². The van der Waals surface area contributed by atoms with Crippen molar-refractivity contribution < 1.29 is 9.21 Å². The predicted octanol–water partition coefficient (Wildman–Crippen LogP) is 3.43. The van der Waals surface area contributed by atoms with Gasteiger partial charge in [0.1, 0.15) is 5.76 Å². The van der Waals surface area contributed by atoms with Crippen LogP contribution in [0.5, 0.6) is 0 Å². The Labute approximate surface area is 140 Å². The topological polar surface area (TPSA) is 45.5 Å². The van der Waals surface area contributed by atoms with Gasteiger partial charge in [-0.05, 0) is 79.2 Å². The molecule has 1 aliphatic heterocycles. The molecule has 2 aromatic heterocycles. The van der Waals surface area contributed by atoms with E-state index >= 15 is 0 Å². The number of amides is 1. The zero-order valence-corrected chi connectivity index (χ0v) is 14.2. The van der Waals surface area contributed by atoms with Gasteiger partial charge in [0.25, 0.3) is 5.91 Å². The summed E-state index contributed by atoms with van der Waals surface area (Å²) in [6.45, 7) is 4.70. The van der Waals surface area contributed by atoms with E-state index in [-0.39, 0.29) is 5.91 Å². The summed E-state index contributed by atoms with van der Waals surface area (Å²) in [7, 11) is 0. The lowest BCUT2D eigenvalue weighted by Gasteiger charge is -2.29. The number of hydrogen-bond donors (Lipinski definition) is 1. The van der Waals surface area contributed by atoms with Gasteiger partial charge in [-0.1, -0.05) is 0 Å². The van der Waals surface area contributed by atoms with Crippen molar-refractivity contribution >= 4 is 17.2 Å². The number of hydrogen-bond acceptors (Lipinski definition) is 4. The van der Waals surface area contributed by atoms with E-state index < -0.39 is 0 Å². The molecule has 0 radical (unpaired) electrons. The maximum absolute atomic E-state index is 13.0. The first-order valence-corrected chi connectivity index (χ1v) is 9.21. The van der Waals surface area contributed by atoms with Crippen LogP contribution in [0.15, 0.2) is 33.4 Å². The molecule has 23 heavy (non-hydrogen) atoms. The molecular weight excluding hydrogens is 308 g/mol. The van der Waals surface area contributed by atoms with Crippen molar-refractivity contribution in [1.82, 2.24) is 10.2 Å². The summed E-state index contributed by atoms with van der Waals surface area (Å²) in [6.07, 6.45) is 3.47. The highest BCUT2D eigenvalue weighted by Gasteiger charge is 2.58. The SMILES string of the molecule is Cc1ccc(C(=O)N(Cc2ccsc2)C2CC23CCNCC3)o1. The number of furan rings is 1. The van der Waals surface area contributed by atoms with Crippen LogP contribution in [0.2, 0.25) is 0 Å². The molecule has 3 heterocycles. The first kappa shape index (κ1) is 15.0. The van der Waals surface area contributed by atoms with E-state index in [4.69, 9.17) is 4.42 Å². The minimum absolute atomic E-state index is 0.0321. The molecule has 1 unspecified atom stereocenters. The van der Waals surface area contributed by atoms with Gasteiger partial charge < -0.3 is 14.6 Å². The molecule has 4 nitrogen and oxygen atoms in total. The van der Waals surface area contributed by atoms with Crippen molar-refractivity contribution in [3.63, 3.8) is 0 Å². The third-order valence-corrected chi connectivity index (χ3v) is 6.00. The van der Waals surface area contributed by atoms with Crippen LogP contribution in [0.25, 0.3) is 0 Å². The second kappa shape index (κ2) is 5.80. The molecule has 1 saturated heterocycles. The number of carbonyl (C=O) groups excluding carboxylic acids is 1.